The molecule has 0 unspecified atom stereocenters. The van der Waals surface area contributed by atoms with E-state index >= 15 is 0 Å². The van der Waals surface area contributed by atoms with Gasteiger partial charge in [0.05, 0.1) is 32.5 Å². The van der Waals surface area contributed by atoms with Gasteiger partial charge in [0.1, 0.15) is 11.6 Å². The van der Waals surface area contributed by atoms with Crippen molar-refractivity contribution in [2.75, 3.05) is 57.3 Å². The van der Waals surface area contributed by atoms with Crippen molar-refractivity contribution >= 4 is 22.4 Å². The average molecular weight is 475 g/mol. The number of methoxy groups -OCH3 is 3. The summed E-state index contributed by atoms with van der Waals surface area (Å²) < 4.78 is 30.8. The van der Waals surface area contributed by atoms with Gasteiger partial charge in [-0.2, -0.15) is 0 Å². The van der Waals surface area contributed by atoms with Crippen LogP contribution in [0.15, 0.2) is 60.7 Å². The van der Waals surface area contributed by atoms with Crippen molar-refractivity contribution in [3.8, 4) is 28.6 Å². The summed E-state index contributed by atoms with van der Waals surface area (Å²) in [7, 11) is 4.75. The number of anilines is 2. The fourth-order valence-electron chi connectivity index (χ4n) is 4.51. The molecule has 5 rings (SSSR count). The molecule has 0 spiro atoms. The minimum Gasteiger partial charge on any atom is -0.493 e. The number of ether oxygens (including phenoxy) is 3. The maximum atomic E-state index is 14.3. The highest BCUT2D eigenvalue weighted by Gasteiger charge is 2.23. The molecule has 1 aliphatic rings. The van der Waals surface area contributed by atoms with E-state index in [1.54, 1.807) is 27.4 Å². The number of nitrogens with zero attached hydrogens (tertiary/aromatic N) is 4. The number of rotatable bonds is 6. The Labute approximate surface area is 203 Å². The van der Waals surface area contributed by atoms with Gasteiger partial charge >= 0.3 is 0 Å². The number of para-hydroxylation sites is 2. The predicted octanol–water partition coefficient (Wildman–Crippen LogP) is 4.79. The fraction of sp³-hybridized carbons (Fsp3) is 0.259. The van der Waals surface area contributed by atoms with Crippen LogP contribution in [0.25, 0.3) is 22.3 Å². The lowest BCUT2D eigenvalue weighted by molar-refractivity contribution is 0.324. The van der Waals surface area contributed by atoms with Gasteiger partial charge in [0.15, 0.2) is 17.3 Å². The summed E-state index contributed by atoms with van der Waals surface area (Å²) in [6, 6.07) is 18.6. The largest absolute Gasteiger partial charge is 0.493 e. The van der Waals surface area contributed by atoms with Crippen molar-refractivity contribution in [1.82, 2.24) is 9.97 Å². The summed E-state index contributed by atoms with van der Waals surface area (Å²) in [4.78, 5) is 14.1. The van der Waals surface area contributed by atoms with E-state index in [1.165, 1.54) is 6.07 Å². The summed E-state index contributed by atoms with van der Waals surface area (Å²) in [5.74, 6) is 2.82. The lowest BCUT2D eigenvalue weighted by Gasteiger charge is -2.37. The van der Waals surface area contributed by atoms with E-state index in [1.807, 2.05) is 48.5 Å². The highest BCUT2D eigenvalue weighted by molar-refractivity contribution is 5.91. The normalized spacial score (nSPS) is 13.7. The standard InChI is InChI=1S/C27H27FN4O3/c1-33-23-16-18(17-24(34-2)25(23)35-3)26-29-21-10-6-4-8-19(21)27(30-26)32-14-12-31(13-15-32)22-11-7-5-9-20(22)28/h4-11,16-17H,12-15H2,1-3H3. The second-order valence-corrected chi connectivity index (χ2v) is 8.23. The van der Waals surface area contributed by atoms with E-state index in [0.717, 1.165) is 22.3 Å². The van der Waals surface area contributed by atoms with E-state index in [4.69, 9.17) is 24.2 Å². The topological polar surface area (TPSA) is 60.0 Å². The summed E-state index contributed by atoms with van der Waals surface area (Å²) in [6.07, 6.45) is 0. The van der Waals surface area contributed by atoms with Gasteiger partial charge < -0.3 is 24.0 Å². The van der Waals surface area contributed by atoms with Crippen molar-refractivity contribution in [3.63, 3.8) is 0 Å². The summed E-state index contributed by atoms with van der Waals surface area (Å²) >= 11 is 0. The Morgan fingerprint density at radius 1 is 0.743 bits per heavy atom. The number of hydrogen-bond donors (Lipinski definition) is 0. The van der Waals surface area contributed by atoms with Crippen LogP contribution >= 0.6 is 0 Å². The molecule has 1 saturated heterocycles. The first-order valence-electron chi connectivity index (χ1n) is 11.4. The van der Waals surface area contributed by atoms with Gasteiger partial charge in [0, 0.05) is 37.1 Å². The van der Waals surface area contributed by atoms with Crippen molar-refractivity contribution in [2.45, 2.75) is 0 Å². The Morgan fingerprint density at radius 3 is 2.03 bits per heavy atom. The molecule has 1 aliphatic heterocycles. The summed E-state index contributed by atoms with van der Waals surface area (Å²) in [5.41, 5.74) is 2.24. The number of fused-ring (bicyclic) bond motifs is 1. The second-order valence-electron chi connectivity index (χ2n) is 8.23. The molecule has 0 atom stereocenters. The number of hydrogen-bond acceptors (Lipinski definition) is 7. The van der Waals surface area contributed by atoms with E-state index < -0.39 is 0 Å². The number of halogens is 1. The predicted molar refractivity (Wildman–Crippen MR) is 135 cm³/mol. The molecule has 0 aliphatic carbocycles. The molecular weight excluding hydrogens is 447 g/mol. The first-order chi connectivity index (χ1) is 17.1. The quantitative estimate of drug-likeness (QED) is 0.398. The van der Waals surface area contributed by atoms with Crippen LogP contribution in [-0.4, -0.2) is 57.5 Å². The number of aromatic nitrogens is 2. The molecule has 0 N–H and O–H groups in total. The van der Waals surface area contributed by atoms with Gasteiger partial charge in [-0.1, -0.05) is 24.3 Å². The van der Waals surface area contributed by atoms with Gasteiger partial charge in [-0.15, -0.1) is 0 Å². The third-order valence-corrected chi connectivity index (χ3v) is 6.28. The Balaban J connectivity index is 1.53. The number of benzene rings is 3. The zero-order chi connectivity index (χ0) is 24.4. The van der Waals surface area contributed by atoms with E-state index in [0.29, 0.717) is 54.9 Å². The number of piperazine rings is 1. The van der Waals surface area contributed by atoms with Crippen molar-refractivity contribution in [2.24, 2.45) is 0 Å². The SMILES string of the molecule is COc1cc(-c2nc(N3CCN(c4ccccc4F)CC3)c3ccccc3n2)cc(OC)c1OC. The average Bonchev–Trinajstić information content (AvgIpc) is 2.92. The van der Waals surface area contributed by atoms with Crippen LogP contribution in [0.2, 0.25) is 0 Å². The van der Waals surface area contributed by atoms with Crippen LogP contribution in [-0.2, 0) is 0 Å². The van der Waals surface area contributed by atoms with E-state index in [-0.39, 0.29) is 5.82 Å². The lowest BCUT2D eigenvalue weighted by Crippen LogP contribution is -2.47. The zero-order valence-corrected chi connectivity index (χ0v) is 20.0. The monoisotopic (exact) mass is 474 g/mol. The van der Waals surface area contributed by atoms with Crippen LogP contribution < -0.4 is 24.0 Å². The first kappa shape index (κ1) is 22.7. The molecule has 4 aromatic rings. The van der Waals surface area contributed by atoms with Crippen LogP contribution in [0.3, 0.4) is 0 Å². The summed E-state index contributed by atoms with van der Waals surface area (Å²) in [5, 5.41) is 0.975. The lowest BCUT2D eigenvalue weighted by atomic mass is 10.1. The smallest absolute Gasteiger partial charge is 0.203 e. The van der Waals surface area contributed by atoms with Crippen LogP contribution in [0.5, 0.6) is 17.2 Å². The molecule has 0 bridgehead atoms. The third kappa shape index (κ3) is 4.27. The van der Waals surface area contributed by atoms with Crippen molar-refractivity contribution in [1.29, 1.82) is 0 Å². The van der Waals surface area contributed by atoms with Crippen molar-refractivity contribution in [3.05, 3.63) is 66.5 Å². The molecule has 0 radical (unpaired) electrons. The maximum Gasteiger partial charge on any atom is 0.203 e. The molecule has 0 saturated carbocycles. The molecule has 2 heterocycles. The highest BCUT2D eigenvalue weighted by Crippen LogP contribution is 2.41. The Morgan fingerprint density at radius 2 is 1.37 bits per heavy atom. The minimum atomic E-state index is -0.196. The summed E-state index contributed by atoms with van der Waals surface area (Å²) in [6.45, 7) is 2.81. The van der Waals surface area contributed by atoms with E-state index in [9.17, 15) is 4.39 Å². The van der Waals surface area contributed by atoms with Crippen LogP contribution in [0.4, 0.5) is 15.9 Å². The van der Waals surface area contributed by atoms with Gasteiger partial charge in [-0.3, -0.25) is 0 Å². The van der Waals surface area contributed by atoms with Gasteiger partial charge in [0.25, 0.3) is 0 Å². The van der Waals surface area contributed by atoms with Gasteiger partial charge in [-0.25, -0.2) is 14.4 Å². The Bertz CT molecular complexity index is 1330. The first-order valence-corrected chi connectivity index (χ1v) is 11.4. The third-order valence-electron chi connectivity index (χ3n) is 6.28. The molecular formula is C27H27FN4O3. The zero-order valence-electron chi connectivity index (χ0n) is 20.0. The fourth-order valence-corrected chi connectivity index (χ4v) is 4.51. The molecule has 3 aromatic carbocycles. The van der Waals surface area contributed by atoms with Crippen LogP contribution in [0, 0.1) is 5.82 Å². The van der Waals surface area contributed by atoms with Crippen LogP contribution in [0.1, 0.15) is 0 Å². The molecule has 1 fully saturated rings. The molecule has 35 heavy (non-hydrogen) atoms. The molecule has 0 amide bonds. The van der Waals surface area contributed by atoms with Gasteiger partial charge in [0.2, 0.25) is 5.75 Å². The minimum absolute atomic E-state index is 0.196. The van der Waals surface area contributed by atoms with Crippen molar-refractivity contribution < 1.29 is 18.6 Å². The molecule has 8 heteroatoms. The highest BCUT2D eigenvalue weighted by atomic mass is 19.1. The second kappa shape index (κ2) is 9.66. The Hall–Kier alpha value is -4.07. The molecule has 180 valence electrons. The van der Waals surface area contributed by atoms with Gasteiger partial charge in [-0.05, 0) is 36.4 Å². The Kier molecular flexibility index (Phi) is 6.27. The molecule has 7 nitrogen and oxygen atoms in total. The van der Waals surface area contributed by atoms with E-state index in [2.05, 4.69) is 9.80 Å². The molecule has 1 aromatic heterocycles. The maximum absolute atomic E-state index is 14.3.